The minimum atomic E-state index is -1.20. The number of aryl methyl sites for hydroxylation is 2. The fraction of sp³-hybridized carbons (Fsp3) is 0.538. The molecule has 1 rings (SSSR count). The lowest BCUT2D eigenvalue weighted by atomic mass is 9.96. The first-order valence-electron chi connectivity index (χ1n) is 5.93. The zero-order valence-electron chi connectivity index (χ0n) is 11.2. The van der Waals surface area contributed by atoms with Crippen LogP contribution in [0.5, 0.6) is 0 Å². The van der Waals surface area contributed by atoms with E-state index < -0.39 is 11.5 Å². The number of hydrogen-bond donors (Lipinski definition) is 2. The largest absolute Gasteiger partial charge is 0.480 e. The second kappa shape index (κ2) is 5.52. The van der Waals surface area contributed by atoms with Crippen LogP contribution in [0.2, 0.25) is 0 Å². The number of rotatable bonds is 5. The van der Waals surface area contributed by atoms with Crippen molar-refractivity contribution in [1.82, 2.24) is 5.32 Å². The van der Waals surface area contributed by atoms with Crippen LogP contribution in [0.3, 0.4) is 0 Å². The minimum absolute atomic E-state index is 0.310. The zero-order chi connectivity index (χ0) is 13.9. The summed E-state index contributed by atoms with van der Waals surface area (Å²) in [5, 5.41) is 11.9. The van der Waals surface area contributed by atoms with Gasteiger partial charge in [0.2, 0.25) is 0 Å². The molecular formula is C13H19NO3S. The maximum absolute atomic E-state index is 12.1. The number of carboxylic acids is 1. The van der Waals surface area contributed by atoms with Gasteiger partial charge in [0, 0.05) is 9.75 Å². The summed E-state index contributed by atoms with van der Waals surface area (Å²) in [6.45, 7) is 7.24. The average molecular weight is 269 g/mol. The van der Waals surface area contributed by atoms with E-state index in [-0.39, 0.29) is 5.91 Å². The third-order valence-electron chi connectivity index (χ3n) is 2.90. The van der Waals surface area contributed by atoms with Gasteiger partial charge in [0.05, 0.1) is 5.56 Å². The van der Waals surface area contributed by atoms with E-state index in [1.165, 1.54) is 11.3 Å². The van der Waals surface area contributed by atoms with Crippen molar-refractivity contribution < 1.29 is 14.7 Å². The molecule has 1 unspecified atom stereocenters. The molecule has 0 spiro atoms. The topological polar surface area (TPSA) is 66.4 Å². The Morgan fingerprint density at radius 3 is 2.44 bits per heavy atom. The van der Waals surface area contributed by atoms with E-state index in [2.05, 4.69) is 5.32 Å². The van der Waals surface area contributed by atoms with Gasteiger partial charge in [-0.2, -0.15) is 0 Å². The molecule has 0 aliphatic rings. The first-order chi connectivity index (χ1) is 8.30. The van der Waals surface area contributed by atoms with E-state index in [9.17, 15) is 14.7 Å². The van der Waals surface area contributed by atoms with Gasteiger partial charge < -0.3 is 10.4 Å². The van der Waals surface area contributed by atoms with E-state index >= 15 is 0 Å². The van der Waals surface area contributed by atoms with E-state index in [4.69, 9.17) is 0 Å². The number of carbonyl (C=O) groups is 2. The predicted octanol–water partition coefficient (Wildman–Crippen LogP) is 2.74. The molecule has 0 aromatic carbocycles. The van der Waals surface area contributed by atoms with Gasteiger partial charge in [0.1, 0.15) is 5.54 Å². The van der Waals surface area contributed by atoms with Crippen molar-refractivity contribution in [2.45, 2.75) is 46.1 Å². The molecule has 0 fully saturated rings. The molecule has 1 heterocycles. The normalized spacial score (nSPS) is 14.0. The van der Waals surface area contributed by atoms with Crippen LogP contribution in [0.1, 0.15) is 46.8 Å². The van der Waals surface area contributed by atoms with Crippen molar-refractivity contribution >= 4 is 23.2 Å². The quantitative estimate of drug-likeness (QED) is 0.863. The van der Waals surface area contributed by atoms with Crippen LogP contribution in [0.25, 0.3) is 0 Å². The highest BCUT2D eigenvalue weighted by Gasteiger charge is 2.34. The highest BCUT2D eigenvalue weighted by molar-refractivity contribution is 7.12. The van der Waals surface area contributed by atoms with E-state index in [1.54, 1.807) is 13.0 Å². The number of carboxylic acid groups (broad SMARTS) is 1. The van der Waals surface area contributed by atoms with Crippen LogP contribution < -0.4 is 5.32 Å². The first-order valence-corrected chi connectivity index (χ1v) is 6.74. The Morgan fingerprint density at radius 2 is 2.06 bits per heavy atom. The number of nitrogens with one attached hydrogen (secondary N) is 1. The number of carbonyl (C=O) groups excluding carboxylic acids is 1. The smallest absolute Gasteiger partial charge is 0.329 e. The third kappa shape index (κ3) is 3.10. The molecule has 1 atom stereocenters. The minimum Gasteiger partial charge on any atom is -0.480 e. The molecule has 18 heavy (non-hydrogen) atoms. The Kier molecular flexibility index (Phi) is 4.51. The summed E-state index contributed by atoms with van der Waals surface area (Å²) in [5.74, 6) is -1.31. The molecule has 1 aromatic heterocycles. The Labute approximate surface area is 111 Å². The van der Waals surface area contributed by atoms with Crippen LogP contribution in [0.4, 0.5) is 0 Å². The van der Waals surface area contributed by atoms with Crippen LogP contribution >= 0.6 is 11.3 Å². The van der Waals surface area contributed by atoms with Crippen LogP contribution in [0, 0.1) is 13.8 Å². The predicted molar refractivity (Wildman–Crippen MR) is 72.2 cm³/mol. The lowest BCUT2D eigenvalue weighted by Gasteiger charge is -2.25. The Morgan fingerprint density at radius 1 is 1.44 bits per heavy atom. The lowest BCUT2D eigenvalue weighted by molar-refractivity contribution is -0.144. The van der Waals surface area contributed by atoms with E-state index in [1.807, 2.05) is 20.8 Å². The van der Waals surface area contributed by atoms with Gasteiger partial charge in [-0.3, -0.25) is 4.79 Å². The van der Waals surface area contributed by atoms with Crippen molar-refractivity contribution in [3.8, 4) is 0 Å². The van der Waals surface area contributed by atoms with Gasteiger partial charge in [-0.1, -0.05) is 13.3 Å². The van der Waals surface area contributed by atoms with Gasteiger partial charge in [-0.25, -0.2) is 4.79 Å². The van der Waals surface area contributed by atoms with E-state index in [0.717, 1.165) is 9.75 Å². The molecule has 0 radical (unpaired) electrons. The van der Waals surface area contributed by atoms with Crippen LogP contribution in [0.15, 0.2) is 6.07 Å². The zero-order valence-corrected chi connectivity index (χ0v) is 12.0. The molecule has 0 aliphatic heterocycles. The molecule has 100 valence electrons. The number of thiophene rings is 1. The highest BCUT2D eigenvalue weighted by atomic mass is 32.1. The van der Waals surface area contributed by atoms with Crippen molar-refractivity contribution in [3.63, 3.8) is 0 Å². The van der Waals surface area contributed by atoms with Gasteiger partial charge in [-0.05, 0) is 33.3 Å². The van der Waals surface area contributed by atoms with E-state index in [0.29, 0.717) is 18.4 Å². The Hall–Kier alpha value is -1.36. The maximum atomic E-state index is 12.1. The first kappa shape index (κ1) is 14.7. The van der Waals surface area contributed by atoms with Crippen molar-refractivity contribution in [3.05, 3.63) is 21.4 Å². The van der Waals surface area contributed by atoms with Crippen molar-refractivity contribution in [1.29, 1.82) is 0 Å². The number of amides is 1. The van der Waals surface area contributed by atoms with Gasteiger partial charge >= 0.3 is 5.97 Å². The lowest BCUT2D eigenvalue weighted by Crippen LogP contribution is -2.52. The monoisotopic (exact) mass is 269 g/mol. The summed E-state index contributed by atoms with van der Waals surface area (Å²) in [5.41, 5.74) is -0.630. The SMILES string of the molecule is CCCC(C)(NC(=O)c1cc(C)sc1C)C(=O)O. The maximum Gasteiger partial charge on any atom is 0.329 e. The molecule has 1 aromatic rings. The molecule has 0 saturated heterocycles. The average Bonchev–Trinajstić information content (AvgIpc) is 2.57. The molecule has 0 bridgehead atoms. The van der Waals surface area contributed by atoms with Gasteiger partial charge in [-0.15, -0.1) is 11.3 Å². The van der Waals surface area contributed by atoms with Crippen LogP contribution in [-0.2, 0) is 4.79 Å². The standard InChI is InChI=1S/C13H19NO3S/c1-5-6-13(4,12(16)17)14-11(15)10-7-8(2)18-9(10)3/h7H,5-6H2,1-4H3,(H,14,15)(H,16,17). The summed E-state index contributed by atoms with van der Waals surface area (Å²) in [4.78, 5) is 25.3. The number of aliphatic carboxylic acids is 1. The Bertz CT molecular complexity index is 467. The summed E-state index contributed by atoms with van der Waals surface area (Å²) in [7, 11) is 0. The molecule has 2 N–H and O–H groups in total. The molecule has 5 heteroatoms. The summed E-state index contributed by atoms with van der Waals surface area (Å²) < 4.78 is 0. The van der Waals surface area contributed by atoms with Gasteiger partial charge in [0.15, 0.2) is 0 Å². The van der Waals surface area contributed by atoms with Crippen LogP contribution in [-0.4, -0.2) is 22.5 Å². The molecule has 4 nitrogen and oxygen atoms in total. The summed E-state index contributed by atoms with van der Waals surface area (Å²) in [6.07, 6.45) is 1.11. The second-order valence-corrected chi connectivity index (χ2v) is 6.13. The molecule has 0 saturated carbocycles. The fourth-order valence-corrected chi connectivity index (χ4v) is 2.82. The summed E-state index contributed by atoms with van der Waals surface area (Å²) in [6, 6.07) is 1.80. The highest BCUT2D eigenvalue weighted by Crippen LogP contribution is 2.22. The Balaban J connectivity index is 2.92. The third-order valence-corrected chi connectivity index (χ3v) is 3.86. The number of hydrogen-bond acceptors (Lipinski definition) is 3. The second-order valence-electron chi connectivity index (χ2n) is 4.67. The van der Waals surface area contributed by atoms with Gasteiger partial charge in [0.25, 0.3) is 5.91 Å². The fourth-order valence-electron chi connectivity index (χ4n) is 1.90. The molecule has 1 amide bonds. The van der Waals surface area contributed by atoms with Crippen molar-refractivity contribution in [2.24, 2.45) is 0 Å². The molecular weight excluding hydrogens is 250 g/mol. The van der Waals surface area contributed by atoms with Crippen molar-refractivity contribution in [2.75, 3.05) is 0 Å². The summed E-state index contributed by atoms with van der Waals surface area (Å²) >= 11 is 1.54. The molecule has 0 aliphatic carbocycles.